The number of fused-ring (bicyclic) bond motifs is 1. The minimum atomic E-state index is -0.480. The number of carbonyl (C=O) groups excluding carboxylic acids is 1. The molecule has 2 aromatic heterocycles. The maximum atomic E-state index is 12.7. The molecule has 0 aliphatic carbocycles. The first-order valence-electron chi connectivity index (χ1n) is 8.32. The summed E-state index contributed by atoms with van der Waals surface area (Å²) in [6.07, 6.45) is 2.92. The van der Waals surface area contributed by atoms with Crippen molar-refractivity contribution in [2.45, 2.75) is 9.79 Å². The average Bonchev–Trinajstić information content (AvgIpc) is 2.71. The predicted molar refractivity (Wildman–Crippen MR) is 106 cm³/mol. The fraction of sp³-hybridized carbons (Fsp3) is 0. The molecule has 0 atom stereocenters. The average molecular weight is 373 g/mol. The molecule has 0 bridgehead atoms. The van der Waals surface area contributed by atoms with Crippen LogP contribution < -0.4 is 10.9 Å². The zero-order chi connectivity index (χ0) is 18.6. The third-order valence-corrected chi connectivity index (χ3v) is 5.05. The topological polar surface area (TPSA) is 63.5 Å². The molecule has 2 heterocycles. The van der Waals surface area contributed by atoms with Crippen molar-refractivity contribution in [2.75, 3.05) is 5.32 Å². The standard InChI is InChI=1S/C21H15N3O2S/c25-20(16-14-22-19-12-6-7-13-24(19)21(16)26)23-17-10-4-5-11-18(17)27-15-8-2-1-3-9-15/h1-14H,(H,23,25). The van der Waals surface area contributed by atoms with Crippen LogP contribution in [0.5, 0.6) is 0 Å². The lowest BCUT2D eigenvalue weighted by Crippen LogP contribution is -2.26. The number of benzene rings is 2. The largest absolute Gasteiger partial charge is 0.321 e. The van der Waals surface area contributed by atoms with Crippen LogP contribution in [0.4, 0.5) is 5.69 Å². The molecule has 0 saturated carbocycles. The second-order valence-electron chi connectivity index (χ2n) is 5.77. The Labute approximate surface area is 159 Å². The number of rotatable bonds is 4. The van der Waals surface area contributed by atoms with Crippen LogP contribution >= 0.6 is 11.8 Å². The number of pyridine rings is 1. The highest BCUT2D eigenvalue weighted by Crippen LogP contribution is 2.33. The Morgan fingerprint density at radius 3 is 2.52 bits per heavy atom. The summed E-state index contributed by atoms with van der Waals surface area (Å²) in [6.45, 7) is 0. The molecule has 27 heavy (non-hydrogen) atoms. The summed E-state index contributed by atoms with van der Waals surface area (Å²) < 4.78 is 1.36. The van der Waals surface area contributed by atoms with E-state index in [4.69, 9.17) is 0 Å². The molecule has 1 N–H and O–H groups in total. The summed E-state index contributed by atoms with van der Waals surface area (Å²) in [4.78, 5) is 31.5. The van der Waals surface area contributed by atoms with Gasteiger partial charge in [-0.15, -0.1) is 0 Å². The highest BCUT2D eigenvalue weighted by Gasteiger charge is 2.15. The number of para-hydroxylation sites is 1. The Balaban J connectivity index is 1.64. The third-order valence-electron chi connectivity index (χ3n) is 3.96. The first-order valence-corrected chi connectivity index (χ1v) is 9.14. The first-order chi connectivity index (χ1) is 13.2. The summed E-state index contributed by atoms with van der Waals surface area (Å²) >= 11 is 1.54. The van der Waals surface area contributed by atoms with Gasteiger partial charge in [0.25, 0.3) is 11.5 Å². The summed E-state index contributed by atoms with van der Waals surface area (Å²) in [5.41, 5.74) is 0.748. The van der Waals surface area contributed by atoms with E-state index < -0.39 is 11.5 Å². The van der Waals surface area contributed by atoms with E-state index in [9.17, 15) is 9.59 Å². The van der Waals surface area contributed by atoms with Gasteiger partial charge in [-0.05, 0) is 36.4 Å². The Morgan fingerprint density at radius 1 is 0.926 bits per heavy atom. The third kappa shape index (κ3) is 3.61. The Morgan fingerprint density at radius 2 is 1.67 bits per heavy atom. The maximum Gasteiger partial charge on any atom is 0.270 e. The predicted octanol–water partition coefficient (Wildman–Crippen LogP) is 4.10. The van der Waals surface area contributed by atoms with E-state index in [0.717, 1.165) is 9.79 Å². The van der Waals surface area contributed by atoms with Gasteiger partial charge in [-0.1, -0.05) is 48.2 Å². The van der Waals surface area contributed by atoms with E-state index >= 15 is 0 Å². The van der Waals surface area contributed by atoms with Crippen LogP contribution in [0.25, 0.3) is 5.65 Å². The number of anilines is 1. The number of nitrogens with zero attached hydrogens (tertiary/aromatic N) is 2. The molecular weight excluding hydrogens is 358 g/mol. The molecule has 0 saturated heterocycles. The summed E-state index contributed by atoms with van der Waals surface area (Å²) in [6, 6.07) is 22.6. The molecule has 0 spiro atoms. The molecule has 1 amide bonds. The lowest BCUT2D eigenvalue weighted by molar-refractivity contribution is 0.102. The lowest BCUT2D eigenvalue weighted by Gasteiger charge is -2.11. The first kappa shape index (κ1) is 17.1. The Bertz CT molecular complexity index is 1170. The van der Waals surface area contributed by atoms with Crippen molar-refractivity contribution in [1.82, 2.24) is 9.38 Å². The van der Waals surface area contributed by atoms with Gasteiger partial charge >= 0.3 is 0 Å². The van der Waals surface area contributed by atoms with Crippen molar-refractivity contribution >= 4 is 29.0 Å². The van der Waals surface area contributed by atoms with Crippen LogP contribution in [-0.2, 0) is 0 Å². The number of nitrogens with one attached hydrogen (secondary N) is 1. The number of hydrogen-bond donors (Lipinski definition) is 1. The second-order valence-corrected chi connectivity index (χ2v) is 6.89. The summed E-state index contributed by atoms with van der Waals surface area (Å²) in [7, 11) is 0. The molecule has 0 fully saturated rings. The van der Waals surface area contributed by atoms with Gasteiger partial charge in [-0.2, -0.15) is 0 Å². The lowest BCUT2D eigenvalue weighted by atomic mass is 10.2. The SMILES string of the molecule is O=C(Nc1ccccc1Sc1ccccc1)c1cnc2ccccn2c1=O. The number of aromatic nitrogens is 2. The number of hydrogen-bond acceptors (Lipinski definition) is 4. The van der Waals surface area contributed by atoms with Gasteiger partial charge in [-0.25, -0.2) is 4.98 Å². The molecule has 5 nitrogen and oxygen atoms in total. The normalized spacial score (nSPS) is 10.7. The molecule has 0 aliphatic heterocycles. The minimum Gasteiger partial charge on any atom is -0.321 e. The highest BCUT2D eigenvalue weighted by atomic mass is 32.2. The van der Waals surface area contributed by atoms with E-state index in [1.54, 1.807) is 36.2 Å². The van der Waals surface area contributed by atoms with Gasteiger partial charge < -0.3 is 5.32 Å². The van der Waals surface area contributed by atoms with E-state index in [1.807, 2.05) is 54.6 Å². The van der Waals surface area contributed by atoms with Crippen LogP contribution in [0.2, 0.25) is 0 Å². The molecule has 4 rings (SSSR count). The fourth-order valence-electron chi connectivity index (χ4n) is 2.65. The van der Waals surface area contributed by atoms with Crippen LogP contribution in [-0.4, -0.2) is 15.3 Å². The second kappa shape index (κ2) is 7.47. The Hall–Kier alpha value is -3.38. The summed E-state index contributed by atoms with van der Waals surface area (Å²) in [5, 5.41) is 2.84. The maximum absolute atomic E-state index is 12.7. The van der Waals surface area contributed by atoms with Crippen molar-refractivity contribution in [2.24, 2.45) is 0 Å². The minimum absolute atomic E-state index is 0.00165. The fourth-order valence-corrected chi connectivity index (χ4v) is 3.57. The van der Waals surface area contributed by atoms with Gasteiger partial charge in [0.2, 0.25) is 0 Å². The van der Waals surface area contributed by atoms with Gasteiger partial charge in [-0.3, -0.25) is 14.0 Å². The van der Waals surface area contributed by atoms with Crippen LogP contribution in [0.15, 0.2) is 99.8 Å². The van der Waals surface area contributed by atoms with E-state index in [2.05, 4.69) is 10.3 Å². The van der Waals surface area contributed by atoms with Crippen molar-refractivity contribution in [1.29, 1.82) is 0 Å². The molecular formula is C21H15N3O2S. The van der Waals surface area contributed by atoms with Crippen LogP contribution in [0, 0.1) is 0 Å². The van der Waals surface area contributed by atoms with Crippen molar-refractivity contribution < 1.29 is 4.79 Å². The molecule has 2 aromatic carbocycles. The van der Waals surface area contributed by atoms with Gasteiger partial charge in [0.15, 0.2) is 0 Å². The quantitative estimate of drug-likeness (QED) is 0.585. The number of amides is 1. The molecule has 0 aliphatic rings. The van der Waals surface area contributed by atoms with Crippen molar-refractivity contribution in [3.8, 4) is 0 Å². The molecule has 4 aromatic rings. The van der Waals surface area contributed by atoms with Crippen LogP contribution in [0.1, 0.15) is 10.4 Å². The van der Waals surface area contributed by atoms with E-state index in [0.29, 0.717) is 11.3 Å². The summed E-state index contributed by atoms with van der Waals surface area (Å²) in [5.74, 6) is -0.480. The van der Waals surface area contributed by atoms with Crippen LogP contribution in [0.3, 0.4) is 0 Å². The monoisotopic (exact) mass is 373 g/mol. The van der Waals surface area contributed by atoms with Gasteiger partial charge in [0.05, 0.1) is 5.69 Å². The van der Waals surface area contributed by atoms with Crippen molar-refractivity contribution in [3.63, 3.8) is 0 Å². The Kier molecular flexibility index (Phi) is 4.72. The van der Waals surface area contributed by atoms with E-state index in [1.165, 1.54) is 10.6 Å². The molecule has 6 heteroatoms. The van der Waals surface area contributed by atoms with E-state index in [-0.39, 0.29) is 5.56 Å². The highest BCUT2D eigenvalue weighted by molar-refractivity contribution is 7.99. The zero-order valence-electron chi connectivity index (χ0n) is 14.2. The van der Waals surface area contributed by atoms with Crippen molar-refractivity contribution in [3.05, 3.63) is 101 Å². The smallest absolute Gasteiger partial charge is 0.270 e. The molecule has 132 valence electrons. The number of carbonyl (C=O) groups is 1. The molecule has 0 unspecified atom stereocenters. The van der Waals surface area contributed by atoms with Gasteiger partial charge in [0, 0.05) is 22.2 Å². The zero-order valence-corrected chi connectivity index (χ0v) is 15.0. The van der Waals surface area contributed by atoms with Gasteiger partial charge in [0.1, 0.15) is 11.2 Å². The molecule has 0 radical (unpaired) electrons.